The Bertz CT molecular complexity index is 374. The van der Waals surface area contributed by atoms with Crippen LogP contribution in [0.2, 0.25) is 0 Å². The molecule has 1 atom stereocenters. The van der Waals surface area contributed by atoms with Crippen LogP contribution in [-0.2, 0) is 4.74 Å². The highest BCUT2D eigenvalue weighted by Gasteiger charge is 2.18. The van der Waals surface area contributed by atoms with Gasteiger partial charge in [0.1, 0.15) is 11.9 Å². The van der Waals surface area contributed by atoms with Crippen molar-refractivity contribution in [2.45, 2.75) is 33.3 Å². The maximum atomic E-state index is 13.1. The van der Waals surface area contributed by atoms with Crippen molar-refractivity contribution in [2.75, 3.05) is 6.61 Å². The Morgan fingerprint density at radius 1 is 1.44 bits per heavy atom. The number of halogens is 1. The van der Waals surface area contributed by atoms with Gasteiger partial charge in [-0.15, -0.1) is 0 Å². The molecule has 0 N–H and O–H groups in total. The molecule has 0 bridgehead atoms. The smallest absolute Gasteiger partial charge is 0.191 e. The van der Waals surface area contributed by atoms with Crippen molar-refractivity contribution in [3.63, 3.8) is 0 Å². The van der Waals surface area contributed by atoms with Crippen LogP contribution < -0.4 is 0 Å². The summed E-state index contributed by atoms with van der Waals surface area (Å²) in [7, 11) is 0. The number of rotatable bonds is 5. The molecular weight excluding hydrogens is 207 g/mol. The summed E-state index contributed by atoms with van der Waals surface area (Å²) in [5.41, 5.74) is 0.997. The average molecular weight is 224 g/mol. The Morgan fingerprint density at radius 2 is 2.12 bits per heavy atom. The molecule has 1 aromatic rings. The van der Waals surface area contributed by atoms with Gasteiger partial charge in [0.2, 0.25) is 0 Å². The quantitative estimate of drug-likeness (QED) is 0.718. The first-order valence-electron chi connectivity index (χ1n) is 5.52. The van der Waals surface area contributed by atoms with Crippen LogP contribution in [0.25, 0.3) is 0 Å². The molecule has 0 fully saturated rings. The van der Waals surface area contributed by atoms with E-state index in [9.17, 15) is 9.18 Å². The Morgan fingerprint density at radius 3 is 2.62 bits per heavy atom. The zero-order valence-corrected chi connectivity index (χ0v) is 9.92. The maximum Gasteiger partial charge on any atom is 0.191 e. The van der Waals surface area contributed by atoms with Gasteiger partial charge in [0, 0.05) is 12.2 Å². The Labute approximate surface area is 95.4 Å². The molecule has 0 radical (unpaired) electrons. The number of benzene rings is 1. The average Bonchev–Trinajstić information content (AvgIpc) is 2.28. The molecule has 1 unspecified atom stereocenters. The molecule has 16 heavy (non-hydrogen) atoms. The third kappa shape index (κ3) is 2.89. The lowest BCUT2D eigenvalue weighted by atomic mass is 10.0. The topological polar surface area (TPSA) is 26.3 Å². The number of carbonyl (C=O) groups is 1. The number of carbonyl (C=O) groups excluding carboxylic acids is 1. The Hall–Kier alpha value is -1.22. The molecule has 0 heterocycles. The molecule has 1 aromatic carbocycles. The van der Waals surface area contributed by atoms with Crippen LogP contribution in [0.5, 0.6) is 0 Å². The van der Waals surface area contributed by atoms with Gasteiger partial charge in [-0.25, -0.2) is 4.39 Å². The first-order chi connectivity index (χ1) is 7.60. The van der Waals surface area contributed by atoms with Crippen LogP contribution in [0.3, 0.4) is 0 Å². The van der Waals surface area contributed by atoms with Crippen molar-refractivity contribution in [2.24, 2.45) is 0 Å². The van der Waals surface area contributed by atoms with Crippen molar-refractivity contribution in [1.29, 1.82) is 0 Å². The zero-order valence-electron chi connectivity index (χ0n) is 9.92. The summed E-state index contributed by atoms with van der Waals surface area (Å²) in [6.07, 6.45) is 0.207. The van der Waals surface area contributed by atoms with E-state index in [4.69, 9.17) is 4.74 Å². The van der Waals surface area contributed by atoms with Crippen LogP contribution in [0.4, 0.5) is 4.39 Å². The lowest BCUT2D eigenvalue weighted by Crippen LogP contribution is -2.23. The summed E-state index contributed by atoms with van der Waals surface area (Å²) in [6.45, 7) is 5.90. The predicted molar refractivity (Wildman–Crippen MR) is 61.2 cm³/mol. The fourth-order valence-corrected chi connectivity index (χ4v) is 1.56. The van der Waals surface area contributed by atoms with Gasteiger partial charge in [-0.05, 0) is 44.0 Å². The van der Waals surface area contributed by atoms with Gasteiger partial charge in [0.15, 0.2) is 5.78 Å². The van der Waals surface area contributed by atoms with E-state index < -0.39 is 6.10 Å². The van der Waals surface area contributed by atoms with Gasteiger partial charge in [-0.1, -0.05) is 6.92 Å². The summed E-state index contributed by atoms with van der Waals surface area (Å²) < 4.78 is 18.4. The van der Waals surface area contributed by atoms with Crippen molar-refractivity contribution >= 4 is 5.78 Å². The van der Waals surface area contributed by atoms with Crippen LogP contribution in [0.1, 0.15) is 36.2 Å². The molecule has 0 aromatic heterocycles. The second-order valence-electron chi connectivity index (χ2n) is 3.68. The van der Waals surface area contributed by atoms with E-state index >= 15 is 0 Å². The number of Topliss-reactive ketones (excluding diaryl/α,β-unsaturated/α-hetero) is 1. The second-order valence-corrected chi connectivity index (χ2v) is 3.68. The molecule has 0 saturated carbocycles. The van der Waals surface area contributed by atoms with Gasteiger partial charge in [-0.2, -0.15) is 0 Å². The fraction of sp³-hybridized carbons (Fsp3) is 0.462. The first kappa shape index (κ1) is 12.8. The maximum absolute atomic E-state index is 13.1. The summed E-state index contributed by atoms with van der Waals surface area (Å²) >= 11 is 0. The van der Waals surface area contributed by atoms with E-state index in [0.29, 0.717) is 24.2 Å². The lowest BCUT2D eigenvalue weighted by molar-refractivity contribution is 0.0444. The molecule has 3 heteroatoms. The number of ether oxygens (including phenoxy) is 1. The standard InChI is InChI=1S/C13H17FO2/c1-4-12(16-5-2)13(15)10-6-7-11(14)9(3)8-10/h6-8,12H,4-5H2,1-3H3. The second kappa shape index (κ2) is 5.75. The Balaban J connectivity index is 2.90. The van der Waals surface area contributed by atoms with Crippen molar-refractivity contribution in [3.8, 4) is 0 Å². The van der Waals surface area contributed by atoms with E-state index in [1.165, 1.54) is 12.1 Å². The third-order valence-corrected chi connectivity index (χ3v) is 2.47. The van der Waals surface area contributed by atoms with E-state index in [2.05, 4.69) is 0 Å². The SMILES string of the molecule is CCOC(CC)C(=O)c1ccc(F)c(C)c1. The van der Waals surface area contributed by atoms with Crippen molar-refractivity contribution in [3.05, 3.63) is 35.1 Å². The minimum Gasteiger partial charge on any atom is -0.370 e. The largest absolute Gasteiger partial charge is 0.370 e. The van der Waals surface area contributed by atoms with Crippen LogP contribution in [-0.4, -0.2) is 18.5 Å². The number of hydrogen-bond acceptors (Lipinski definition) is 2. The van der Waals surface area contributed by atoms with Gasteiger partial charge >= 0.3 is 0 Å². The highest BCUT2D eigenvalue weighted by Crippen LogP contribution is 2.13. The zero-order chi connectivity index (χ0) is 12.1. The number of hydrogen-bond donors (Lipinski definition) is 0. The Kier molecular flexibility index (Phi) is 4.62. The van der Waals surface area contributed by atoms with E-state index in [-0.39, 0.29) is 11.6 Å². The molecule has 88 valence electrons. The molecule has 0 amide bonds. The van der Waals surface area contributed by atoms with Crippen molar-refractivity contribution < 1.29 is 13.9 Å². The molecule has 0 aliphatic carbocycles. The summed E-state index contributed by atoms with van der Waals surface area (Å²) in [5.74, 6) is -0.367. The minimum atomic E-state index is -0.421. The normalized spacial score (nSPS) is 12.5. The summed E-state index contributed by atoms with van der Waals surface area (Å²) in [5, 5.41) is 0. The lowest BCUT2D eigenvalue weighted by Gasteiger charge is -2.14. The molecule has 1 rings (SSSR count). The highest BCUT2D eigenvalue weighted by atomic mass is 19.1. The van der Waals surface area contributed by atoms with Gasteiger partial charge < -0.3 is 4.74 Å². The molecule has 0 aliphatic rings. The molecular formula is C13H17FO2. The molecule has 0 saturated heterocycles. The predicted octanol–water partition coefficient (Wildman–Crippen LogP) is 3.13. The van der Waals surface area contributed by atoms with Crippen LogP contribution >= 0.6 is 0 Å². The van der Waals surface area contributed by atoms with Crippen molar-refractivity contribution in [1.82, 2.24) is 0 Å². The first-order valence-corrected chi connectivity index (χ1v) is 5.52. The van der Waals surface area contributed by atoms with Gasteiger partial charge in [0.25, 0.3) is 0 Å². The van der Waals surface area contributed by atoms with Crippen LogP contribution in [0, 0.1) is 12.7 Å². The van der Waals surface area contributed by atoms with Gasteiger partial charge in [-0.3, -0.25) is 4.79 Å². The monoisotopic (exact) mass is 224 g/mol. The molecule has 0 spiro atoms. The minimum absolute atomic E-state index is 0.0764. The number of aryl methyl sites for hydroxylation is 1. The third-order valence-electron chi connectivity index (χ3n) is 2.47. The van der Waals surface area contributed by atoms with Crippen LogP contribution in [0.15, 0.2) is 18.2 Å². The fourth-order valence-electron chi connectivity index (χ4n) is 1.56. The summed E-state index contributed by atoms with van der Waals surface area (Å²) in [4.78, 5) is 12.0. The molecule has 2 nitrogen and oxygen atoms in total. The van der Waals surface area contributed by atoms with E-state index in [1.54, 1.807) is 13.0 Å². The van der Waals surface area contributed by atoms with E-state index in [0.717, 1.165) is 0 Å². The summed E-state index contributed by atoms with van der Waals surface area (Å²) in [6, 6.07) is 4.40. The molecule has 0 aliphatic heterocycles. The van der Waals surface area contributed by atoms with Gasteiger partial charge in [0.05, 0.1) is 0 Å². The highest BCUT2D eigenvalue weighted by molar-refractivity contribution is 5.99. The van der Waals surface area contributed by atoms with E-state index in [1.807, 2.05) is 13.8 Å². The number of ketones is 1.